The number of aryl methyl sites for hydroxylation is 1. The van der Waals surface area contributed by atoms with Crippen molar-refractivity contribution in [3.05, 3.63) is 12.0 Å². The molecule has 0 atom stereocenters. The van der Waals surface area contributed by atoms with Gasteiger partial charge in [-0.05, 0) is 27.2 Å². The van der Waals surface area contributed by atoms with Crippen LogP contribution >= 0.6 is 0 Å². The molecule has 0 radical (unpaired) electrons. The minimum atomic E-state index is -0.484. The Morgan fingerprint density at radius 1 is 1.56 bits per heavy atom. The lowest BCUT2D eigenvalue weighted by Gasteiger charge is -2.20. The number of hydrogen-bond donors (Lipinski definition) is 1. The second-order valence-electron chi connectivity index (χ2n) is 4.92. The number of nitrogens with one attached hydrogen (secondary N) is 1. The standard InChI is InChI=1S/C11H17N3O2/c1-11(2,3)16-10(15)8-9-12-5-4-6-14(9)7-13-8/h7,12H,4-6H2,1-3H3. The zero-order chi connectivity index (χ0) is 11.8. The van der Waals surface area contributed by atoms with Gasteiger partial charge < -0.3 is 14.6 Å². The molecule has 16 heavy (non-hydrogen) atoms. The van der Waals surface area contributed by atoms with E-state index in [1.165, 1.54) is 0 Å². The summed E-state index contributed by atoms with van der Waals surface area (Å²) in [6.07, 6.45) is 2.73. The number of carbonyl (C=O) groups excluding carboxylic acids is 1. The number of hydrogen-bond acceptors (Lipinski definition) is 4. The van der Waals surface area contributed by atoms with Crippen LogP contribution in [0.15, 0.2) is 6.33 Å². The molecule has 0 saturated heterocycles. The van der Waals surface area contributed by atoms with Gasteiger partial charge >= 0.3 is 5.97 Å². The van der Waals surface area contributed by atoms with E-state index in [1.807, 2.05) is 25.3 Å². The van der Waals surface area contributed by atoms with E-state index in [9.17, 15) is 4.79 Å². The van der Waals surface area contributed by atoms with Crippen molar-refractivity contribution in [1.82, 2.24) is 9.55 Å². The summed E-state index contributed by atoms with van der Waals surface area (Å²) in [6.45, 7) is 7.32. The van der Waals surface area contributed by atoms with Crippen molar-refractivity contribution in [3.8, 4) is 0 Å². The van der Waals surface area contributed by atoms with Gasteiger partial charge in [0.2, 0.25) is 0 Å². The summed E-state index contributed by atoms with van der Waals surface area (Å²) in [7, 11) is 0. The number of ether oxygens (including phenoxy) is 1. The maximum atomic E-state index is 11.9. The fourth-order valence-corrected chi connectivity index (χ4v) is 1.67. The summed E-state index contributed by atoms with van der Waals surface area (Å²) in [5, 5.41) is 3.18. The minimum Gasteiger partial charge on any atom is -0.455 e. The van der Waals surface area contributed by atoms with Gasteiger partial charge in [0.05, 0.1) is 6.33 Å². The molecular weight excluding hydrogens is 206 g/mol. The summed E-state index contributed by atoms with van der Waals surface area (Å²) in [6, 6.07) is 0. The van der Waals surface area contributed by atoms with Crippen LogP contribution < -0.4 is 5.32 Å². The molecular formula is C11H17N3O2. The van der Waals surface area contributed by atoms with E-state index in [0.29, 0.717) is 5.69 Å². The molecule has 0 spiro atoms. The lowest BCUT2D eigenvalue weighted by molar-refractivity contribution is 0.00645. The first-order valence-corrected chi connectivity index (χ1v) is 5.50. The Labute approximate surface area is 94.8 Å². The van der Waals surface area contributed by atoms with Crippen LogP contribution in [0.3, 0.4) is 0 Å². The Morgan fingerprint density at radius 3 is 3.00 bits per heavy atom. The second kappa shape index (κ2) is 3.81. The molecule has 2 rings (SSSR count). The Balaban J connectivity index is 2.21. The highest BCUT2D eigenvalue weighted by atomic mass is 16.6. The van der Waals surface area contributed by atoms with Gasteiger partial charge in [-0.25, -0.2) is 9.78 Å². The third kappa shape index (κ3) is 2.18. The normalized spacial score (nSPS) is 15.2. The van der Waals surface area contributed by atoms with Gasteiger partial charge in [0, 0.05) is 13.1 Å². The SMILES string of the molecule is CC(C)(C)OC(=O)c1ncn2c1NCCC2. The van der Waals surface area contributed by atoms with Crippen molar-refractivity contribution in [2.45, 2.75) is 39.3 Å². The Kier molecular flexibility index (Phi) is 2.61. The Bertz CT molecular complexity index is 404. The lowest BCUT2D eigenvalue weighted by Crippen LogP contribution is -2.25. The zero-order valence-electron chi connectivity index (χ0n) is 9.91. The van der Waals surface area contributed by atoms with E-state index in [2.05, 4.69) is 10.3 Å². The molecule has 1 aromatic rings. The average molecular weight is 223 g/mol. The molecule has 1 aromatic heterocycles. The van der Waals surface area contributed by atoms with E-state index in [1.54, 1.807) is 6.33 Å². The molecule has 2 heterocycles. The number of rotatable bonds is 1. The van der Waals surface area contributed by atoms with E-state index in [0.717, 1.165) is 25.3 Å². The van der Waals surface area contributed by atoms with Crippen LogP contribution in [-0.2, 0) is 11.3 Å². The van der Waals surface area contributed by atoms with Crippen molar-refractivity contribution in [2.24, 2.45) is 0 Å². The van der Waals surface area contributed by atoms with Crippen molar-refractivity contribution in [3.63, 3.8) is 0 Å². The van der Waals surface area contributed by atoms with Crippen LogP contribution in [0.25, 0.3) is 0 Å². The summed E-state index contributed by atoms with van der Waals surface area (Å²) in [5.41, 5.74) is -0.1000. The van der Waals surface area contributed by atoms with Crippen LogP contribution in [-0.4, -0.2) is 27.7 Å². The number of esters is 1. The first-order valence-electron chi connectivity index (χ1n) is 5.50. The zero-order valence-corrected chi connectivity index (χ0v) is 9.91. The van der Waals surface area contributed by atoms with Gasteiger partial charge in [-0.1, -0.05) is 0 Å². The fourth-order valence-electron chi connectivity index (χ4n) is 1.67. The van der Waals surface area contributed by atoms with Crippen LogP contribution in [0.2, 0.25) is 0 Å². The highest BCUT2D eigenvalue weighted by Gasteiger charge is 2.25. The minimum absolute atomic E-state index is 0.365. The number of imidazole rings is 1. The van der Waals surface area contributed by atoms with E-state index < -0.39 is 5.60 Å². The first kappa shape index (κ1) is 11.0. The van der Waals surface area contributed by atoms with Crippen LogP contribution in [0.1, 0.15) is 37.7 Å². The van der Waals surface area contributed by atoms with Crippen molar-refractivity contribution < 1.29 is 9.53 Å². The van der Waals surface area contributed by atoms with E-state index in [-0.39, 0.29) is 5.97 Å². The molecule has 1 aliphatic heterocycles. The molecule has 0 fully saturated rings. The van der Waals surface area contributed by atoms with Crippen molar-refractivity contribution in [1.29, 1.82) is 0 Å². The van der Waals surface area contributed by atoms with Gasteiger partial charge in [-0.3, -0.25) is 0 Å². The molecule has 5 nitrogen and oxygen atoms in total. The predicted octanol–water partition coefficient (Wildman–Crippen LogP) is 1.65. The topological polar surface area (TPSA) is 56.1 Å². The number of nitrogens with zero attached hydrogens (tertiary/aromatic N) is 2. The van der Waals surface area contributed by atoms with Crippen LogP contribution in [0.5, 0.6) is 0 Å². The largest absolute Gasteiger partial charge is 0.455 e. The van der Waals surface area contributed by atoms with Gasteiger partial charge in [-0.2, -0.15) is 0 Å². The third-order valence-electron chi connectivity index (χ3n) is 2.30. The van der Waals surface area contributed by atoms with Gasteiger partial charge in [0.1, 0.15) is 11.4 Å². The van der Waals surface area contributed by atoms with Crippen LogP contribution in [0, 0.1) is 0 Å². The van der Waals surface area contributed by atoms with Gasteiger partial charge in [0.25, 0.3) is 0 Å². The third-order valence-corrected chi connectivity index (χ3v) is 2.30. The lowest BCUT2D eigenvalue weighted by atomic mass is 10.2. The van der Waals surface area contributed by atoms with Gasteiger partial charge in [-0.15, -0.1) is 0 Å². The molecule has 5 heteroatoms. The maximum Gasteiger partial charge on any atom is 0.361 e. The number of fused-ring (bicyclic) bond motifs is 1. The van der Waals surface area contributed by atoms with E-state index in [4.69, 9.17) is 4.74 Å². The second-order valence-corrected chi connectivity index (χ2v) is 4.92. The van der Waals surface area contributed by atoms with Gasteiger partial charge in [0.15, 0.2) is 5.69 Å². The summed E-state index contributed by atoms with van der Waals surface area (Å²) < 4.78 is 7.24. The quantitative estimate of drug-likeness (QED) is 0.735. The number of aromatic nitrogens is 2. The molecule has 0 bridgehead atoms. The van der Waals surface area contributed by atoms with Crippen LogP contribution in [0.4, 0.5) is 5.82 Å². The summed E-state index contributed by atoms with van der Waals surface area (Å²) >= 11 is 0. The molecule has 1 aliphatic rings. The summed E-state index contributed by atoms with van der Waals surface area (Å²) in [4.78, 5) is 16.0. The molecule has 88 valence electrons. The molecule has 0 unspecified atom stereocenters. The average Bonchev–Trinajstić information content (AvgIpc) is 2.58. The summed E-state index contributed by atoms with van der Waals surface area (Å²) in [5.74, 6) is 0.413. The molecule has 0 aromatic carbocycles. The smallest absolute Gasteiger partial charge is 0.361 e. The Morgan fingerprint density at radius 2 is 2.31 bits per heavy atom. The number of anilines is 1. The predicted molar refractivity (Wildman–Crippen MR) is 60.5 cm³/mol. The monoisotopic (exact) mass is 223 g/mol. The molecule has 1 N–H and O–H groups in total. The molecule has 0 saturated carbocycles. The highest BCUT2D eigenvalue weighted by Crippen LogP contribution is 2.21. The maximum absolute atomic E-state index is 11.9. The fraction of sp³-hybridized carbons (Fsp3) is 0.636. The number of carbonyl (C=O) groups is 1. The Hall–Kier alpha value is -1.52. The molecule has 0 amide bonds. The van der Waals surface area contributed by atoms with Crippen molar-refractivity contribution >= 4 is 11.8 Å². The van der Waals surface area contributed by atoms with E-state index >= 15 is 0 Å². The first-order chi connectivity index (χ1) is 7.47. The highest BCUT2D eigenvalue weighted by molar-refractivity contribution is 5.93. The van der Waals surface area contributed by atoms with Crippen molar-refractivity contribution in [2.75, 3.05) is 11.9 Å². The molecule has 0 aliphatic carbocycles.